The third-order valence-electron chi connectivity index (χ3n) is 2.93. The summed E-state index contributed by atoms with van der Waals surface area (Å²) in [6.45, 7) is 0.175. The summed E-state index contributed by atoms with van der Waals surface area (Å²) in [5.41, 5.74) is 0.869. The summed E-state index contributed by atoms with van der Waals surface area (Å²) < 4.78 is 18.3. The van der Waals surface area contributed by atoms with Gasteiger partial charge in [-0.1, -0.05) is 30.3 Å². The lowest BCUT2D eigenvalue weighted by Crippen LogP contribution is -2.29. The Morgan fingerprint density at radius 3 is 2.72 bits per heavy atom. The van der Waals surface area contributed by atoms with Crippen LogP contribution in [0.3, 0.4) is 0 Å². The Hall–Kier alpha value is -1.91. The molecule has 1 aromatic carbocycles. The molecule has 0 aliphatic carbocycles. The number of rotatable bonds is 3. The van der Waals surface area contributed by atoms with E-state index in [-0.39, 0.29) is 19.7 Å². The van der Waals surface area contributed by atoms with Crippen molar-refractivity contribution in [2.75, 3.05) is 13.1 Å². The minimum atomic E-state index is -1.29. The summed E-state index contributed by atoms with van der Waals surface area (Å²) in [6, 6.07) is 9.24. The third kappa shape index (κ3) is 2.85. The average Bonchev–Trinajstić information content (AvgIpc) is 2.78. The number of hydrogen-bond donors (Lipinski definition) is 0. The Kier molecular flexibility index (Phi) is 3.92. The minimum absolute atomic E-state index is 0.0724. The lowest BCUT2D eigenvalue weighted by atomic mass is 10.1. The van der Waals surface area contributed by atoms with Crippen LogP contribution in [0.2, 0.25) is 0 Å². The monoisotopic (exact) mass is 251 g/mol. The van der Waals surface area contributed by atoms with Gasteiger partial charge >= 0.3 is 6.09 Å². The molecule has 1 aliphatic rings. The zero-order valence-corrected chi connectivity index (χ0v) is 9.79. The molecule has 0 spiro atoms. The van der Waals surface area contributed by atoms with E-state index in [9.17, 15) is 14.0 Å². The highest BCUT2D eigenvalue weighted by Gasteiger charge is 2.35. The molecule has 1 heterocycles. The maximum absolute atomic E-state index is 13.3. The van der Waals surface area contributed by atoms with Crippen molar-refractivity contribution < 1.29 is 18.7 Å². The molecular formula is C13H14FNO3. The molecular weight excluding hydrogens is 237 g/mol. The van der Waals surface area contributed by atoms with E-state index in [4.69, 9.17) is 4.74 Å². The van der Waals surface area contributed by atoms with Crippen molar-refractivity contribution in [2.24, 2.45) is 5.92 Å². The molecule has 0 N–H and O–H groups in total. The lowest BCUT2D eigenvalue weighted by molar-refractivity contribution is -0.111. The van der Waals surface area contributed by atoms with E-state index in [2.05, 4.69) is 0 Å². The zero-order valence-electron chi connectivity index (χ0n) is 9.79. The Bertz CT molecular complexity index is 424. The van der Waals surface area contributed by atoms with Gasteiger partial charge in [0.1, 0.15) is 19.1 Å². The molecule has 18 heavy (non-hydrogen) atoms. The van der Waals surface area contributed by atoms with E-state index < -0.39 is 18.2 Å². The Morgan fingerprint density at radius 1 is 1.39 bits per heavy atom. The van der Waals surface area contributed by atoms with Crippen LogP contribution in [-0.2, 0) is 16.1 Å². The van der Waals surface area contributed by atoms with Crippen molar-refractivity contribution in [1.29, 1.82) is 0 Å². The molecule has 1 fully saturated rings. The van der Waals surface area contributed by atoms with Gasteiger partial charge in [-0.3, -0.25) is 0 Å². The van der Waals surface area contributed by atoms with Crippen LogP contribution in [0.1, 0.15) is 5.56 Å². The second-order valence-electron chi connectivity index (χ2n) is 4.26. The SMILES string of the molecule is O=C[C@H]1CN(C(=O)OCc2ccccc2)C[C@@H]1F. The number of alkyl halides is 1. The minimum Gasteiger partial charge on any atom is -0.445 e. The van der Waals surface area contributed by atoms with Crippen LogP contribution in [0.5, 0.6) is 0 Å². The smallest absolute Gasteiger partial charge is 0.410 e. The second-order valence-corrected chi connectivity index (χ2v) is 4.26. The molecule has 5 heteroatoms. The molecule has 1 amide bonds. The Balaban J connectivity index is 1.84. The molecule has 2 atom stereocenters. The quantitative estimate of drug-likeness (QED) is 0.769. The highest BCUT2D eigenvalue weighted by Crippen LogP contribution is 2.19. The lowest BCUT2D eigenvalue weighted by Gasteiger charge is -2.15. The fraction of sp³-hybridized carbons (Fsp3) is 0.385. The zero-order chi connectivity index (χ0) is 13.0. The van der Waals surface area contributed by atoms with Crippen LogP contribution < -0.4 is 0 Å². The summed E-state index contributed by atoms with van der Waals surface area (Å²) in [4.78, 5) is 23.4. The molecule has 0 radical (unpaired) electrons. The van der Waals surface area contributed by atoms with Gasteiger partial charge in [0, 0.05) is 6.54 Å². The second kappa shape index (κ2) is 5.62. The summed E-state index contributed by atoms with van der Waals surface area (Å²) in [7, 11) is 0. The fourth-order valence-electron chi connectivity index (χ4n) is 1.88. The fourth-order valence-corrected chi connectivity index (χ4v) is 1.88. The molecule has 0 unspecified atom stereocenters. The first-order valence-corrected chi connectivity index (χ1v) is 5.75. The highest BCUT2D eigenvalue weighted by atomic mass is 19.1. The van der Waals surface area contributed by atoms with Gasteiger partial charge < -0.3 is 14.4 Å². The van der Waals surface area contributed by atoms with Gasteiger partial charge in [0.15, 0.2) is 0 Å². The van der Waals surface area contributed by atoms with Gasteiger partial charge in [0.2, 0.25) is 0 Å². The van der Waals surface area contributed by atoms with Crippen molar-refractivity contribution in [3.8, 4) is 0 Å². The molecule has 96 valence electrons. The predicted octanol–water partition coefficient (Wildman–Crippen LogP) is 1.79. The standard InChI is InChI=1S/C13H14FNO3/c14-12-7-15(6-11(12)8-16)13(17)18-9-10-4-2-1-3-5-10/h1-5,8,11-12H,6-7,9H2/t11-,12+/m1/s1. The van der Waals surface area contributed by atoms with Crippen molar-refractivity contribution in [1.82, 2.24) is 4.90 Å². The van der Waals surface area contributed by atoms with Crippen LogP contribution in [0.25, 0.3) is 0 Å². The molecule has 0 aromatic heterocycles. The van der Waals surface area contributed by atoms with E-state index in [1.807, 2.05) is 30.3 Å². The first-order valence-electron chi connectivity index (χ1n) is 5.75. The van der Waals surface area contributed by atoms with Crippen molar-refractivity contribution in [3.63, 3.8) is 0 Å². The van der Waals surface area contributed by atoms with Crippen LogP contribution in [0, 0.1) is 5.92 Å². The number of hydrogen-bond acceptors (Lipinski definition) is 3. The van der Waals surface area contributed by atoms with E-state index >= 15 is 0 Å². The Labute approximate surface area is 104 Å². The van der Waals surface area contributed by atoms with E-state index in [1.54, 1.807) is 0 Å². The number of amides is 1. The molecule has 2 rings (SSSR count). The van der Waals surface area contributed by atoms with E-state index in [0.717, 1.165) is 5.56 Å². The van der Waals surface area contributed by atoms with Gasteiger partial charge in [-0.15, -0.1) is 0 Å². The molecule has 1 aromatic rings. The van der Waals surface area contributed by atoms with Crippen LogP contribution in [0.15, 0.2) is 30.3 Å². The van der Waals surface area contributed by atoms with Crippen LogP contribution in [-0.4, -0.2) is 36.5 Å². The van der Waals surface area contributed by atoms with E-state index in [0.29, 0.717) is 6.29 Å². The number of likely N-dealkylation sites (tertiary alicyclic amines) is 1. The molecule has 0 bridgehead atoms. The number of aldehydes is 1. The maximum atomic E-state index is 13.3. The highest BCUT2D eigenvalue weighted by molar-refractivity contribution is 5.69. The summed E-state index contributed by atoms with van der Waals surface area (Å²) >= 11 is 0. The average molecular weight is 251 g/mol. The number of nitrogens with zero attached hydrogens (tertiary/aromatic N) is 1. The number of carbonyl (C=O) groups excluding carboxylic acids is 2. The third-order valence-corrected chi connectivity index (χ3v) is 2.93. The van der Waals surface area contributed by atoms with Gasteiger partial charge in [-0.25, -0.2) is 9.18 Å². The van der Waals surface area contributed by atoms with Crippen molar-refractivity contribution >= 4 is 12.4 Å². The normalized spacial score (nSPS) is 22.8. The summed E-state index contributed by atoms with van der Waals surface area (Å²) in [5, 5.41) is 0. The topological polar surface area (TPSA) is 46.6 Å². The summed E-state index contributed by atoms with van der Waals surface area (Å²) in [5.74, 6) is -0.728. The Morgan fingerprint density at radius 2 is 2.11 bits per heavy atom. The summed E-state index contributed by atoms with van der Waals surface area (Å²) in [6.07, 6.45) is -1.31. The van der Waals surface area contributed by atoms with Crippen LogP contribution >= 0.6 is 0 Å². The molecule has 1 saturated heterocycles. The largest absolute Gasteiger partial charge is 0.445 e. The number of benzene rings is 1. The molecule has 0 saturated carbocycles. The first-order chi connectivity index (χ1) is 8.70. The van der Waals surface area contributed by atoms with E-state index in [1.165, 1.54) is 4.90 Å². The van der Waals surface area contributed by atoms with Gasteiger partial charge in [0.05, 0.1) is 12.5 Å². The number of halogens is 1. The molecule has 4 nitrogen and oxygen atoms in total. The number of ether oxygens (including phenoxy) is 1. The van der Waals surface area contributed by atoms with Crippen LogP contribution in [0.4, 0.5) is 9.18 Å². The van der Waals surface area contributed by atoms with Gasteiger partial charge in [-0.2, -0.15) is 0 Å². The molecule has 1 aliphatic heterocycles. The maximum Gasteiger partial charge on any atom is 0.410 e. The predicted molar refractivity (Wildman–Crippen MR) is 62.7 cm³/mol. The van der Waals surface area contributed by atoms with Gasteiger partial charge in [-0.05, 0) is 5.56 Å². The van der Waals surface area contributed by atoms with Gasteiger partial charge in [0.25, 0.3) is 0 Å². The van der Waals surface area contributed by atoms with Crippen molar-refractivity contribution in [2.45, 2.75) is 12.8 Å². The first kappa shape index (κ1) is 12.5. The number of carbonyl (C=O) groups is 2. The van der Waals surface area contributed by atoms with Crippen molar-refractivity contribution in [3.05, 3.63) is 35.9 Å².